The Morgan fingerprint density at radius 2 is 1.82 bits per heavy atom. The number of aromatic nitrogens is 1. The van der Waals surface area contributed by atoms with Crippen LogP contribution in [0.15, 0.2) is 60.7 Å². The van der Waals surface area contributed by atoms with E-state index in [1.54, 1.807) is 24.3 Å². The summed E-state index contributed by atoms with van der Waals surface area (Å²) in [5, 5.41) is 8.64. The van der Waals surface area contributed by atoms with E-state index in [1.807, 2.05) is 56.3 Å². The molecule has 0 bridgehead atoms. The fraction of sp³-hybridized carbons (Fsp3) is 0.222. The highest BCUT2D eigenvalue weighted by atomic mass is 16.5. The summed E-state index contributed by atoms with van der Waals surface area (Å²) in [5.41, 5.74) is 4.16. The van der Waals surface area contributed by atoms with Crippen LogP contribution >= 0.6 is 0 Å². The van der Waals surface area contributed by atoms with Crippen LogP contribution in [0.3, 0.4) is 0 Å². The molecule has 1 heterocycles. The van der Waals surface area contributed by atoms with Gasteiger partial charge in [-0.05, 0) is 49.2 Å². The van der Waals surface area contributed by atoms with Crippen LogP contribution in [0.5, 0.6) is 11.5 Å². The van der Waals surface area contributed by atoms with Crippen molar-refractivity contribution >= 4 is 17.8 Å². The van der Waals surface area contributed by atoms with Gasteiger partial charge in [-0.2, -0.15) is 5.26 Å². The van der Waals surface area contributed by atoms with Crippen molar-refractivity contribution in [3.63, 3.8) is 0 Å². The lowest BCUT2D eigenvalue weighted by molar-refractivity contribution is -0.136. The summed E-state index contributed by atoms with van der Waals surface area (Å²) in [6, 6.07) is 18.8. The summed E-state index contributed by atoms with van der Waals surface area (Å²) in [6.45, 7) is 4.07. The van der Waals surface area contributed by atoms with E-state index in [-0.39, 0.29) is 19.0 Å². The van der Waals surface area contributed by atoms with Crippen LogP contribution in [0.4, 0.5) is 0 Å². The van der Waals surface area contributed by atoms with E-state index in [0.29, 0.717) is 29.2 Å². The molecule has 0 fully saturated rings. The van der Waals surface area contributed by atoms with E-state index in [0.717, 1.165) is 17.0 Å². The molecule has 3 aromatic rings. The molecule has 0 atom stereocenters. The lowest BCUT2D eigenvalue weighted by atomic mass is 10.1. The first-order chi connectivity index (χ1) is 16.4. The van der Waals surface area contributed by atoms with Crippen molar-refractivity contribution in [3.8, 4) is 17.6 Å². The Morgan fingerprint density at radius 3 is 2.53 bits per heavy atom. The average molecular weight is 459 g/mol. The van der Waals surface area contributed by atoms with Gasteiger partial charge in [0.05, 0.1) is 7.11 Å². The second-order valence-electron chi connectivity index (χ2n) is 7.58. The molecular weight excluding hydrogens is 432 g/mol. The molecule has 0 aliphatic carbocycles. The summed E-state index contributed by atoms with van der Waals surface area (Å²) < 4.78 is 17.8. The first-order valence-electron chi connectivity index (χ1n) is 10.7. The standard InChI is InChI=1S/C27H26N2O5/c1-19-15-23(20(2)29(19)17-22-7-5-4-6-8-22)24(30)18-34-27(31)12-10-21-9-11-25(33-14-13-28)26(16-21)32-3/h4-12,15-16H,14,17-18H2,1-3H3/b12-10+. The predicted octanol–water partition coefficient (Wildman–Crippen LogP) is 4.50. The maximum absolute atomic E-state index is 12.7. The number of nitriles is 1. The number of rotatable bonds is 10. The van der Waals surface area contributed by atoms with E-state index in [9.17, 15) is 9.59 Å². The molecule has 0 saturated carbocycles. The molecule has 0 unspecified atom stereocenters. The molecule has 174 valence electrons. The Bertz CT molecular complexity index is 1240. The summed E-state index contributed by atoms with van der Waals surface area (Å²) >= 11 is 0. The van der Waals surface area contributed by atoms with E-state index < -0.39 is 5.97 Å². The van der Waals surface area contributed by atoms with Crippen molar-refractivity contribution in [2.24, 2.45) is 0 Å². The number of benzene rings is 2. The molecule has 7 nitrogen and oxygen atoms in total. The van der Waals surface area contributed by atoms with Crippen molar-refractivity contribution in [2.75, 3.05) is 20.3 Å². The van der Waals surface area contributed by atoms with Crippen LogP contribution in [-0.2, 0) is 16.1 Å². The molecule has 0 amide bonds. The van der Waals surface area contributed by atoms with Gasteiger partial charge in [0.15, 0.2) is 24.7 Å². The number of ketones is 1. The number of hydrogen-bond donors (Lipinski definition) is 0. The minimum absolute atomic E-state index is 0.0967. The predicted molar refractivity (Wildman–Crippen MR) is 128 cm³/mol. The Morgan fingerprint density at radius 1 is 1.06 bits per heavy atom. The van der Waals surface area contributed by atoms with Crippen molar-refractivity contribution in [1.82, 2.24) is 4.57 Å². The number of ether oxygens (including phenoxy) is 3. The molecule has 7 heteroatoms. The molecule has 0 saturated heterocycles. The van der Waals surface area contributed by atoms with Gasteiger partial charge < -0.3 is 18.8 Å². The molecule has 1 aromatic heterocycles. The highest BCUT2D eigenvalue weighted by Gasteiger charge is 2.17. The molecule has 34 heavy (non-hydrogen) atoms. The Hall–Kier alpha value is -4.31. The van der Waals surface area contributed by atoms with Crippen LogP contribution in [0.1, 0.15) is 32.9 Å². The van der Waals surface area contributed by atoms with Gasteiger partial charge in [0.1, 0.15) is 6.07 Å². The molecule has 2 aromatic carbocycles. The monoisotopic (exact) mass is 458 g/mol. The molecule has 0 aliphatic rings. The van der Waals surface area contributed by atoms with E-state index in [2.05, 4.69) is 4.57 Å². The number of nitrogens with zero attached hydrogens (tertiary/aromatic N) is 2. The Labute approximate surface area is 198 Å². The summed E-state index contributed by atoms with van der Waals surface area (Å²) in [4.78, 5) is 24.9. The number of aryl methyl sites for hydroxylation is 1. The molecule has 0 N–H and O–H groups in total. The van der Waals surface area contributed by atoms with Gasteiger partial charge in [-0.1, -0.05) is 36.4 Å². The van der Waals surface area contributed by atoms with E-state index >= 15 is 0 Å². The van der Waals surface area contributed by atoms with E-state index in [1.165, 1.54) is 13.2 Å². The SMILES string of the molecule is COc1cc(/C=C/C(=O)OCC(=O)c2cc(C)n(Cc3ccccc3)c2C)ccc1OCC#N. The third-order valence-electron chi connectivity index (χ3n) is 5.29. The third kappa shape index (κ3) is 6.14. The van der Waals surface area contributed by atoms with Gasteiger partial charge in [-0.25, -0.2) is 4.79 Å². The maximum Gasteiger partial charge on any atom is 0.331 e. The van der Waals surface area contributed by atoms with Crippen LogP contribution in [0.25, 0.3) is 6.08 Å². The number of carbonyl (C=O) groups excluding carboxylic acids is 2. The van der Waals surface area contributed by atoms with Gasteiger partial charge in [-0.15, -0.1) is 0 Å². The van der Waals surface area contributed by atoms with Gasteiger partial charge in [0, 0.05) is 29.6 Å². The zero-order valence-electron chi connectivity index (χ0n) is 19.4. The van der Waals surface area contributed by atoms with Crippen LogP contribution in [-0.4, -0.2) is 36.6 Å². The lowest BCUT2D eigenvalue weighted by Crippen LogP contribution is -2.13. The van der Waals surface area contributed by atoms with Crippen molar-refractivity contribution < 1.29 is 23.8 Å². The average Bonchev–Trinajstić information content (AvgIpc) is 3.14. The lowest BCUT2D eigenvalue weighted by Gasteiger charge is -2.10. The second kappa shape index (κ2) is 11.5. The first kappa shape index (κ1) is 24.3. The first-order valence-corrected chi connectivity index (χ1v) is 10.7. The van der Waals surface area contributed by atoms with Gasteiger partial charge in [0.25, 0.3) is 0 Å². The molecule has 0 spiro atoms. The summed E-state index contributed by atoms with van der Waals surface area (Å²) in [5.74, 6) is -0.0175. The number of methoxy groups -OCH3 is 1. The number of Topliss-reactive ketones (excluding diaryl/α,β-unsaturated/α-hetero) is 1. The van der Waals surface area contributed by atoms with E-state index in [4.69, 9.17) is 19.5 Å². The molecule has 0 radical (unpaired) electrons. The van der Waals surface area contributed by atoms with Crippen molar-refractivity contribution in [1.29, 1.82) is 5.26 Å². The minimum Gasteiger partial charge on any atom is -0.493 e. The fourth-order valence-corrected chi connectivity index (χ4v) is 3.54. The quantitative estimate of drug-likeness (QED) is 0.252. The topological polar surface area (TPSA) is 90.6 Å². The normalized spacial score (nSPS) is 10.6. The zero-order valence-corrected chi connectivity index (χ0v) is 19.4. The van der Waals surface area contributed by atoms with Gasteiger partial charge in [-0.3, -0.25) is 4.79 Å². The summed E-state index contributed by atoms with van der Waals surface area (Å²) in [7, 11) is 1.48. The molecule has 0 aliphatic heterocycles. The second-order valence-corrected chi connectivity index (χ2v) is 7.58. The van der Waals surface area contributed by atoms with Crippen molar-refractivity contribution in [2.45, 2.75) is 20.4 Å². The fourth-order valence-electron chi connectivity index (χ4n) is 3.54. The van der Waals surface area contributed by atoms with Crippen LogP contribution in [0.2, 0.25) is 0 Å². The smallest absolute Gasteiger partial charge is 0.331 e. The third-order valence-corrected chi connectivity index (χ3v) is 5.29. The largest absolute Gasteiger partial charge is 0.493 e. The van der Waals surface area contributed by atoms with Crippen LogP contribution in [0, 0.1) is 25.2 Å². The number of esters is 1. The van der Waals surface area contributed by atoms with Gasteiger partial charge in [0.2, 0.25) is 5.78 Å². The Kier molecular flexibility index (Phi) is 8.25. The van der Waals surface area contributed by atoms with Gasteiger partial charge >= 0.3 is 5.97 Å². The maximum atomic E-state index is 12.7. The number of carbonyl (C=O) groups is 2. The summed E-state index contributed by atoms with van der Waals surface area (Å²) in [6.07, 6.45) is 2.80. The highest BCUT2D eigenvalue weighted by molar-refractivity contribution is 6.00. The zero-order chi connectivity index (χ0) is 24.5. The molecule has 3 rings (SSSR count). The highest BCUT2D eigenvalue weighted by Crippen LogP contribution is 2.28. The number of hydrogen-bond acceptors (Lipinski definition) is 6. The van der Waals surface area contributed by atoms with Crippen molar-refractivity contribution in [3.05, 3.63) is 88.8 Å². The minimum atomic E-state index is -0.629. The Balaban J connectivity index is 1.60. The molecular formula is C27H26N2O5. The van der Waals surface area contributed by atoms with Crippen LogP contribution < -0.4 is 9.47 Å².